The number of thiophene rings is 1. The molecular formula is C23H25N3O5S. The number of ether oxygens (including phenoxy) is 3. The Morgan fingerprint density at radius 1 is 1.28 bits per heavy atom. The highest BCUT2D eigenvalue weighted by Gasteiger charge is 2.19. The number of hydrogen-bond donors (Lipinski definition) is 2. The van der Waals surface area contributed by atoms with Crippen molar-refractivity contribution in [3.63, 3.8) is 0 Å². The van der Waals surface area contributed by atoms with Crippen LogP contribution < -0.4 is 20.5 Å². The second kappa shape index (κ2) is 9.86. The molecule has 1 aliphatic rings. The minimum absolute atomic E-state index is 0.0856. The molecule has 1 aromatic carbocycles. The van der Waals surface area contributed by atoms with Crippen LogP contribution in [0.15, 0.2) is 35.8 Å². The molecule has 0 spiro atoms. The van der Waals surface area contributed by atoms with Crippen LogP contribution in [0.1, 0.15) is 48.5 Å². The van der Waals surface area contributed by atoms with Crippen molar-refractivity contribution in [3.8, 4) is 11.5 Å². The number of fused-ring (bicyclic) bond motifs is 1. The number of nitrogen functional groups attached to an aromatic ring is 1. The van der Waals surface area contributed by atoms with Crippen molar-refractivity contribution in [2.45, 2.75) is 45.3 Å². The molecule has 32 heavy (non-hydrogen) atoms. The first-order valence-electron chi connectivity index (χ1n) is 10.6. The van der Waals surface area contributed by atoms with E-state index in [1.165, 1.54) is 17.5 Å². The number of aromatic nitrogens is 1. The van der Waals surface area contributed by atoms with Crippen molar-refractivity contribution in [2.75, 3.05) is 12.3 Å². The molecule has 2 heterocycles. The van der Waals surface area contributed by atoms with Crippen LogP contribution in [0.2, 0.25) is 0 Å². The van der Waals surface area contributed by atoms with Gasteiger partial charge in [0.2, 0.25) is 0 Å². The molecule has 3 N–H and O–H groups in total. The standard InChI is InChI=1S/C23H25N3O5S/c1-2-29-23(28)31-18-11-25-21(24)19-15(13-32-20(18)19)12-30-17-9-5-6-14(10-17)22(27)26-16-7-3-4-8-16/h5-6,9-11,13,16H,2-4,7-8,12H2,1H3,(H2,24,25)(H,26,27). The molecule has 2 aromatic heterocycles. The first-order chi connectivity index (χ1) is 15.5. The van der Waals surface area contributed by atoms with Crippen LogP contribution in [-0.4, -0.2) is 29.7 Å². The third kappa shape index (κ3) is 4.94. The fraction of sp³-hybridized carbons (Fsp3) is 0.348. The maximum absolute atomic E-state index is 12.5. The van der Waals surface area contributed by atoms with Gasteiger partial charge in [-0.2, -0.15) is 0 Å². The second-order valence-corrected chi connectivity index (χ2v) is 8.41. The Labute approximate surface area is 189 Å². The molecule has 1 fully saturated rings. The number of hydrogen-bond acceptors (Lipinski definition) is 8. The lowest BCUT2D eigenvalue weighted by molar-refractivity contribution is 0.0936. The highest BCUT2D eigenvalue weighted by molar-refractivity contribution is 7.17. The molecule has 0 saturated heterocycles. The van der Waals surface area contributed by atoms with Gasteiger partial charge in [0.25, 0.3) is 5.91 Å². The summed E-state index contributed by atoms with van der Waals surface area (Å²) >= 11 is 1.38. The molecular weight excluding hydrogens is 430 g/mol. The van der Waals surface area contributed by atoms with E-state index in [1.54, 1.807) is 31.2 Å². The Balaban J connectivity index is 1.47. The van der Waals surface area contributed by atoms with E-state index < -0.39 is 6.16 Å². The van der Waals surface area contributed by atoms with E-state index in [0.29, 0.717) is 27.2 Å². The van der Waals surface area contributed by atoms with E-state index in [0.717, 1.165) is 31.2 Å². The van der Waals surface area contributed by atoms with Crippen LogP contribution >= 0.6 is 11.3 Å². The smallest absolute Gasteiger partial charge is 0.489 e. The minimum Gasteiger partial charge on any atom is -0.489 e. The van der Waals surface area contributed by atoms with Crippen molar-refractivity contribution in [3.05, 3.63) is 47.0 Å². The molecule has 3 aromatic rings. The number of carbonyl (C=O) groups is 2. The molecule has 0 atom stereocenters. The first-order valence-corrected chi connectivity index (χ1v) is 11.5. The first kappa shape index (κ1) is 21.9. The summed E-state index contributed by atoms with van der Waals surface area (Å²) < 4.78 is 16.7. The Morgan fingerprint density at radius 2 is 2.09 bits per heavy atom. The topological polar surface area (TPSA) is 113 Å². The third-order valence-corrected chi connectivity index (χ3v) is 6.35. The van der Waals surface area contributed by atoms with E-state index in [1.807, 2.05) is 5.38 Å². The highest BCUT2D eigenvalue weighted by Crippen LogP contribution is 2.37. The van der Waals surface area contributed by atoms with Gasteiger partial charge in [-0.1, -0.05) is 18.9 Å². The number of rotatable bonds is 7. The van der Waals surface area contributed by atoms with Crippen molar-refractivity contribution in [2.24, 2.45) is 0 Å². The van der Waals surface area contributed by atoms with Crippen molar-refractivity contribution >= 4 is 39.3 Å². The van der Waals surface area contributed by atoms with Gasteiger partial charge in [0.05, 0.1) is 17.5 Å². The van der Waals surface area contributed by atoms with Gasteiger partial charge in [0.1, 0.15) is 18.2 Å². The number of anilines is 1. The van der Waals surface area contributed by atoms with Crippen LogP contribution in [-0.2, 0) is 11.3 Å². The number of nitrogens with two attached hydrogens (primary N) is 1. The minimum atomic E-state index is -0.792. The summed E-state index contributed by atoms with van der Waals surface area (Å²) in [7, 11) is 0. The molecule has 0 bridgehead atoms. The summed E-state index contributed by atoms with van der Waals surface area (Å²) in [5, 5.41) is 5.64. The van der Waals surface area contributed by atoms with E-state index in [4.69, 9.17) is 19.9 Å². The van der Waals surface area contributed by atoms with Gasteiger partial charge in [-0.05, 0) is 43.3 Å². The zero-order valence-corrected chi connectivity index (χ0v) is 18.6. The lowest BCUT2D eigenvalue weighted by atomic mass is 10.1. The number of pyridine rings is 1. The SMILES string of the molecule is CCOC(=O)Oc1cnc(N)c2c(COc3cccc(C(=O)NC4CCCC4)c3)csc12. The van der Waals surface area contributed by atoms with Gasteiger partial charge < -0.3 is 25.3 Å². The Bertz CT molecular complexity index is 1120. The maximum Gasteiger partial charge on any atom is 0.513 e. The van der Waals surface area contributed by atoms with Gasteiger partial charge >= 0.3 is 6.16 Å². The fourth-order valence-electron chi connectivity index (χ4n) is 3.75. The number of carbonyl (C=O) groups excluding carboxylic acids is 2. The van der Waals surface area contributed by atoms with E-state index in [-0.39, 0.29) is 30.9 Å². The van der Waals surface area contributed by atoms with Crippen molar-refractivity contribution in [1.82, 2.24) is 10.3 Å². The number of nitrogens with zero attached hydrogens (tertiary/aromatic N) is 1. The predicted octanol–water partition coefficient (Wildman–Crippen LogP) is 4.67. The number of nitrogens with one attached hydrogen (secondary N) is 1. The molecule has 0 aliphatic heterocycles. The lowest BCUT2D eigenvalue weighted by Gasteiger charge is -2.13. The molecule has 0 unspecified atom stereocenters. The zero-order valence-electron chi connectivity index (χ0n) is 17.8. The van der Waals surface area contributed by atoms with Crippen molar-refractivity contribution in [1.29, 1.82) is 0 Å². The summed E-state index contributed by atoms with van der Waals surface area (Å²) in [6.07, 6.45) is 5.00. The summed E-state index contributed by atoms with van der Waals surface area (Å²) in [6, 6.07) is 7.36. The Morgan fingerprint density at radius 3 is 2.88 bits per heavy atom. The monoisotopic (exact) mass is 455 g/mol. The van der Waals surface area contributed by atoms with Crippen LogP contribution in [0.25, 0.3) is 10.1 Å². The molecule has 8 nitrogen and oxygen atoms in total. The fourth-order valence-corrected chi connectivity index (χ4v) is 4.76. The number of benzene rings is 1. The molecule has 9 heteroatoms. The van der Waals surface area contributed by atoms with E-state index in [2.05, 4.69) is 10.3 Å². The molecule has 4 rings (SSSR count). The van der Waals surface area contributed by atoms with Crippen LogP contribution in [0, 0.1) is 0 Å². The highest BCUT2D eigenvalue weighted by atomic mass is 32.1. The van der Waals surface area contributed by atoms with Crippen LogP contribution in [0.4, 0.5) is 10.6 Å². The van der Waals surface area contributed by atoms with Gasteiger partial charge in [0, 0.05) is 22.6 Å². The number of amides is 1. The van der Waals surface area contributed by atoms with Gasteiger partial charge in [0.15, 0.2) is 5.75 Å². The molecule has 0 radical (unpaired) electrons. The van der Waals surface area contributed by atoms with E-state index >= 15 is 0 Å². The van der Waals surface area contributed by atoms with Gasteiger partial charge in [-0.3, -0.25) is 4.79 Å². The molecule has 1 amide bonds. The largest absolute Gasteiger partial charge is 0.513 e. The Kier molecular flexibility index (Phi) is 6.75. The van der Waals surface area contributed by atoms with Gasteiger partial charge in [-0.25, -0.2) is 9.78 Å². The summed E-state index contributed by atoms with van der Waals surface area (Å²) in [5.74, 6) is 1.10. The average Bonchev–Trinajstić information content (AvgIpc) is 3.45. The predicted molar refractivity (Wildman–Crippen MR) is 122 cm³/mol. The van der Waals surface area contributed by atoms with Crippen LogP contribution in [0.5, 0.6) is 11.5 Å². The maximum atomic E-state index is 12.5. The third-order valence-electron chi connectivity index (χ3n) is 5.30. The van der Waals surface area contributed by atoms with Crippen LogP contribution in [0.3, 0.4) is 0 Å². The quantitative estimate of drug-likeness (QED) is 0.498. The normalized spacial score (nSPS) is 13.8. The lowest BCUT2D eigenvalue weighted by Crippen LogP contribution is -2.32. The zero-order chi connectivity index (χ0) is 22.5. The molecule has 168 valence electrons. The van der Waals surface area contributed by atoms with Crippen molar-refractivity contribution < 1.29 is 23.8 Å². The summed E-state index contributed by atoms with van der Waals surface area (Å²) in [4.78, 5) is 28.4. The summed E-state index contributed by atoms with van der Waals surface area (Å²) in [6.45, 7) is 2.14. The van der Waals surface area contributed by atoms with Gasteiger partial charge in [-0.15, -0.1) is 11.3 Å². The second-order valence-electron chi connectivity index (χ2n) is 7.53. The van der Waals surface area contributed by atoms with E-state index in [9.17, 15) is 9.59 Å². The summed E-state index contributed by atoms with van der Waals surface area (Å²) in [5.41, 5.74) is 7.46. The molecule has 1 saturated carbocycles. The average molecular weight is 456 g/mol. The Hall–Kier alpha value is -3.33. The molecule has 1 aliphatic carbocycles.